The van der Waals surface area contributed by atoms with Crippen LogP contribution in [0, 0.1) is 11.3 Å². The number of benzene rings is 1. The van der Waals surface area contributed by atoms with Crippen LogP contribution < -0.4 is 0 Å². The van der Waals surface area contributed by atoms with Crippen LogP contribution >= 0.6 is 11.3 Å². The van der Waals surface area contributed by atoms with Gasteiger partial charge in [0.25, 0.3) is 0 Å². The zero-order chi connectivity index (χ0) is 18.3. The number of hydrogen-bond donors (Lipinski definition) is 0. The molecule has 1 heterocycles. The molecule has 2 aromatic rings. The van der Waals surface area contributed by atoms with Crippen LogP contribution in [0.15, 0.2) is 46.7 Å². The summed E-state index contributed by atoms with van der Waals surface area (Å²) in [6, 6.07) is 12.0. The summed E-state index contributed by atoms with van der Waals surface area (Å²) in [5, 5.41) is 10.8. The molecule has 1 aromatic carbocycles. The Morgan fingerprint density at radius 1 is 1.08 bits per heavy atom. The molecule has 0 bridgehead atoms. The minimum Gasteiger partial charge on any atom is -0.303 e. The molecule has 0 aliphatic rings. The third-order valence-corrected chi connectivity index (χ3v) is 6.81. The maximum atomic E-state index is 13.1. The first-order valence-corrected chi connectivity index (χ1v) is 10.6. The minimum atomic E-state index is -3.61. The van der Waals surface area contributed by atoms with Crippen molar-refractivity contribution in [1.29, 1.82) is 5.26 Å². The zero-order valence-electron chi connectivity index (χ0n) is 14.6. The summed E-state index contributed by atoms with van der Waals surface area (Å²) < 4.78 is 27.7. The van der Waals surface area contributed by atoms with Gasteiger partial charge in [-0.05, 0) is 48.8 Å². The second-order valence-electron chi connectivity index (χ2n) is 5.58. The third kappa shape index (κ3) is 5.13. The Morgan fingerprint density at radius 3 is 2.28 bits per heavy atom. The van der Waals surface area contributed by atoms with E-state index in [2.05, 4.69) is 18.7 Å². The first-order valence-electron chi connectivity index (χ1n) is 8.26. The van der Waals surface area contributed by atoms with E-state index in [0.29, 0.717) is 25.2 Å². The van der Waals surface area contributed by atoms with Crippen LogP contribution in [0.25, 0.3) is 0 Å². The van der Waals surface area contributed by atoms with Crippen molar-refractivity contribution in [1.82, 2.24) is 9.21 Å². The van der Waals surface area contributed by atoms with Crippen LogP contribution in [0.5, 0.6) is 0 Å². The molecule has 0 atom stereocenters. The molecule has 0 unspecified atom stereocenters. The van der Waals surface area contributed by atoms with E-state index in [0.717, 1.165) is 18.0 Å². The first-order chi connectivity index (χ1) is 12.0. The van der Waals surface area contributed by atoms with Gasteiger partial charge >= 0.3 is 0 Å². The molecule has 1 aromatic heterocycles. The highest BCUT2D eigenvalue weighted by molar-refractivity contribution is 7.89. The van der Waals surface area contributed by atoms with Gasteiger partial charge in [-0.15, -0.1) is 11.3 Å². The van der Waals surface area contributed by atoms with Crippen LogP contribution in [-0.4, -0.2) is 43.8 Å². The summed E-state index contributed by atoms with van der Waals surface area (Å²) >= 11 is 1.55. The molecule has 0 amide bonds. The van der Waals surface area contributed by atoms with E-state index in [4.69, 9.17) is 5.26 Å². The van der Waals surface area contributed by atoms with Crippen LogP contribution in [0.3, 0.4) is 0 Å². The predicted octanol–water partition coefficient (Wildman–Crippen LogP) is 3.15. The maximum Gasteiger partial charge on any atom is 0.243 e. The summed E-state index contributed by atoms with van der Waals surface area (Å²) in [5.74, 6) is 0. The van der Waals surface area contributed by atoms with Crippen molar-refractivity contribution < 1.29 is 8.42 Å². The van der Waals surface area contributed by atoms with E-state index < -0.39 is 10.0 Å². The number of nitriles is 1. The molecule has 0 N–H and O–H groups in total. The summed E-state index contributed by atoms with van der Waals surface area (Å²) in [4.78, 5) is 3.44. The third-order valence-electron chi connectivity index (χ3n) is 4.09. The zero-order valence-corrected chi connectivity index (χ0v) is 16.2. The monoisotopic (exact) mass is 377 g/mol. The maximum absolute atomic E-state index is 13.1. The molecule has 0 saturated heterocycles. The average molecular weight is 378 g/mol. The molecule has 0 aliphatic carbocycles. The number of sulfonamides is 1. The Hall–Kier alpha value is -1.72. The van der Waals surface area contributed by atoms with E-state index in [1.807, 2.05) is 23.6 Å². The summed E-state index contributed by atoms with van der Waals surface area (Å²) in [6.45, 7) is 7.40. The number of nitrogens with zero attached hydrogens (tertiary/aromatic N) is 3. The Morgan fingerprint density at radius 2 is 1.76 bits per heavy atom. The minimum absolute atomic E-state index is 0.225. The molecule has 0 spiro atoms. The molecule has 5 nitrogen and oxygen atoms in total. The molecule has 0 aliphatic heterocycles. The van der Waals surface area contributed by atoms with Crippen LogP contribution in [0.1, 0.15) is 24.3 Å². The summed E-state index contributed by atoms with van der Waals surface area (Å²) in [6.07, 6.45) is 0. The fourth-order valence-corrected chi connectivity index (χ4v) is 4.71. The molecule has 0 saturated carbocycles. The van der Waals surface area contributed by atoms with E-state index in [1.54, 1.807) is 23.5 Å². The normalized spacial score (nSPS) is 11.8. The lowest BCUT2D eigenvalue weighted by Crippen LogP contribution is -2.38. The van der Waals surface area contributed by atoms with Gasteiger partial charge in [-0.25, -0.2) is 8.42 Å². The number of hydrogen-bond acceptors (Lipinski definition) is 5. The van der Waals surface area contributed by atoms with Gasteiger partial charge in [-0.3, -0.25) is 0 Å². The number of likely N-dealkylation sites (N-methyl/N-ethyl adjacent to an activating group) is 1. The lowest BCUT2D eigenvalue weighted by molar-refractivity contribution is 0.269. The fraction of sp³-hybridized carbons (Fsp3) is 0.389. The van der Waals surface area contributed by atoms with Gasteiger partial charge in [0.15, 0.2) is 0 Å². The lowest BCUT2D eigenvalue weighted by Gasteiger charge is -2.25. The largest absolute Gasteiger partial charge is 0.303 e. The van der Waals surface area contributed by atoms with Crippen molar-refractivity contribution >= 4 is 21.4 Å². The van der Waals surface area contributed by atoms with Crippen molar-refractivity contribution in [2.24, 2.45) is 0 Å². The highest BCUT2D eigenvalue weighted by Gasteiger charge is 2.25. The molecule has 0 radical (unpaired) electrons. The van der Waals surface area contributed by atoms with Crippen LogP contribution in [-0.2, 0) is 16.6 Å². The lowest BCUT2D eigenvalue weighted by atomic mass is 10.2. The molecule has 25 heavy (non-hydrogen) atoms. The smallest absolute Gasteiger partial charge is 0.243 e. The summed E-state index contributed by atoms with van der Waals surface area (Å²) in [7, 11) is -3.61. The molecule has 134 valence electrons. The Kier molecular flexibility index (Phi) is 7.14. The summed E-state index contributed by atoms with van der Waals surface area (Å²) in [5.41, 5.74) is 0.451. The van der Waals surface area contributed by atoms with Gasteiger partial charge in [0.2, 0.25) is 10.0 Å². The standard InChI is InChI=1S/C18H23N3O2S2/c1-3-20(4-2)11-12-21(15-17-6-5-13-24-17)25(22,23)18-9-7-16(14-19)8-10-18/h5-10,13H,3-4,11-12,15H2,1-2H3. The molecule has 2 rings (SSSR count). The van der Waals surface area contributed by atoms with Crippen molar-refractivity contribution in [3.05, 3.63) is 52.2 Å². The van der Waals surface area contributed by atoms with Crippen LogP contribution in [0.4, 0.5) is 0 Å². The number of rotatable bonds is 9. The molecular formula is C18H23N3O2S2. The van der Waals surface area contributed by atoms with Gasteiger partial charge in [-0.2, -0.15) is 9.57 Å². The van der Waals surface area contributed by atoms with Gasteiger partial charge in [-0.1, -0.05) is 19.9 Å². The highest BCUT2D eigenvalue weighted by atomic mass is 32.2. The van der Waals surface area contributed by atoms with Gasteiger partial charge in [0.05, 0.1) is 16.5 Å². The van der Waals surface area contributed by atoms with E-state index >= 15 is 0 Å². The Bertz CT molecular complexity index is 790. The Balaban J connectivity index is 2.26. The van der Waals surface area contributed by atoms with Crippen molar-refractivity contribution in [3.8, 4) is 6.07 Å². The Labute approximate surface area is 154 Å². The van der Waals surface area contributed by atoms with Crippen molar-refractivity contribution in [3.63, 3.8) is 0 Å². The quantitative estimate of drug-likeness (QED) is 0.673. The molecular weight excluding hydrogens is 354 g/mol. The van der Waals surface area contributed by atoms with E-state index in [-0.39, 0.29) is 4.90 Å². The topological polar surface area (TPSA) is 64.4 Å². The SMILES string of the molecule is CCN(CC)CCN(Cc1cccs1)S(=O)(=O)c1ccc(C#N)cc1. The van der Waals surface area contributed by atoms with E-state index in [1.165, 1.54) is 16.4 Å². The molecule has 7 heteroatoms. The van der Waals surface area contributed by atoms with Gasteiger partial charge < -0.3 is 4.90 Å². The number of thiophene rings is 1. The van der Waals surface area contributed by atoms with E-state index in [9.17, 15) is 8.42 Å². The highest BCUT2D eigenvalue weighted by Crippen LogP contribution is 2.21. The van der Waals surface area contributed by atoms with Crippen molar-refractivity contribution in [2.75, 3.05) is 26.2 Å². The first kappa shape index (κ1) is 19.6. The second kappa shape index (κ2) is 9.11. The second-order valence-corrected chi connectivity index (χ2v) is 8.55. The molecule has 0 fully saturated rings. The van der Waals surface area contributed by atoms with Crippen LogP contribution in [0.2, 0.25) is 0 Å². The van der Waals surface area contributed by atoms with Gasteiger partial charge in [0, 0.05) is 24.5 Å². The van der Waals surface area contributed by atoms with Gasteiger partial charge in [0.1, 0.15) is 0 Å². The van der Waals surface area contributed by atoms with Crippen molar-refractivity contribution in [2.45, 2.75) is 25.3 Å². The fourth-order valence-electron chi connectivity index (χ4n) is 2.50. The average Bonchev–Trinajstić information content (AvgIpc) is 3.14. The predicted molar refractivity (Wildman–Crippen MR) is 101 cm³/mol.